The maximum Gasteiger partial charge on any atom is 0.318 e. The van der Waals surface area contributed by atoms with E-state index in [2.05, 4.69) is 10.1 Å². The number of ether oxygens (including phenoxy) is 1. The van der Waals surface area contributed by atoms with Crippen molar-refractivity contribution in [3.63, 3.8) is 0 Å². The van der Waals surface area contributed by atoms with Crippen LogP contribution >= 0.6 is 0 Å². The first-order valence-electron chi connectivity index (χ1n) is 3.51. The number of carbonyl (C=O) groups excluding carboxylic acids is 2. The first-order valence-corrected chi connectivity index (χ1v) is 3.51. The molecular formula is C7H13NO3. The number of rotatable bonds is 3. The van der Waals surface area contributed by atoms with Gasteiger partial charge in [-0.3, -0.25) is 9.59 Å². The molecule has 0 bridgehead atoms. The van der Waals surface area contributed by atoms with Crippen molar-refractivity contribution in [2.45, 2.75) is 13.8 Å². The Labute approximate surface area is 65.9 Å². The molecule has 0 saturated heterocycles. The van der Waals surface area contributed by atoms with Crippen LogP contribution in [-0.2, 0) is 14.3 Å². The molecule has 1 N–H and O–H groups in total. The van der Waals surface area contributed by atoms with Gasteiger partial charge in [-0.1, -0.05) is 0 Å². The van der Waals surface area contributed by atoms with Crippen LogP contribution in [0.25, 0.3) is 0 Å². The highest BCUT2D eigenvalue weighted by molar-refractivity contribution is 5.97. The molecule has 0 spiro atoms. The van der Waals surface area contributed by atoms with E-state index in [0.717, 1.165) is 0 Å². The molecule has 0 unspecified atom stereocenters. The van der Waals surface area contributed by atoms with Gasteiger partial charge < -0.3 is 10.1 Å². The Morgan fingerprint density at radius 2 is 2.09 bits per heavy atom. The minimum Gasteiger partial charge on any atom is -0.465 e. The van der Waals surface area contributed by atoms with Crippen LogP contribution in [0.1, 0.15) is 13.8 Å². The summed E-state index contributed by atoms with van der Waals surface area (Å²) in [5.74, 6) is -1.50. The number of nitrogens with one attached hydrogen (secondary N) is 1. The van der Waals surface area contributed by atoms with Gasteiger partial charge in [0.25, 0.3) is 0 Å². The summed E-state index contributed by atoms with van der Waals surface area (Å²) in [6.45, 7) is 3.52. The van der Waals surface area contributed by atoms with E-state index in [1.807, 2.05) is 0 Å². The zero-order valence-corrected chi connectivity index (χ0v) is 7.01. The van der Waals surface area contributed by atoms with Crippen molar-refractivity contribution in [1.29, 1.82) is 0 Å². The van der Waals surface area contributed by atoms with Crippen LogP contribution in [0.3, 0.4) is 0 Å². The first kappa shape index (κ1) is 9.94. The molecule has 11 heavy (non-hydrogen) atoms. The molecule has 0 aliphatic heterocycles. The second-order valence-electron chi connectivity index (χ2n) is 2.09. The molecule has 0 radical (unpaired) electrons. The van der Waals surface area contributed by atoms with Crippen molar-refractivity contribution in [3.8, 4) is 0 Å². The molecule has 64 valence electrons. The zero-order valence-electron chi connectivity index (χ0n) is 7.01. The van der Waals surface area contributed by atoms with Gasteiger partial charge in [-0.25, -0.2) is 0 Å². The number of carbonyl (C=O) groups is 2. The van der Waals surface area contributed by atoms with Gasteiger partial charge >= 0.3 is 5.97 Å². The van der Waals surface area contributed by atoms with Crippen molar-refractivity contribution >= 4 is 11.9 Å². The zero-order chi connectivity index (χ0) is 8.85. The Morgan fingerprint density at radius 3 is 2.45 bits per heavy atom. The SMILES string of the molecule is CCOC(=O)[C@@H](C)C(=O)NC. The average Bonchev–Trinajstić information content (AvgIpc) is 2.02. The third-order valence-electron chi connectivity index (χ3n) is 1.28. The van der Waals surface area contributed by atoms with E-state index in [1.54, 1.807) is 6.92 Å². The Kier molecular flexibility index (Phi) is 4.26. The first-order chi connectivity index (χ1) is 5.13. The van der Waals surface area contributed by atoms with Gasteiger partial charge in [0.2, 0.25) is 5.91 Å². The van der Waals surface area contributed by atoms with Crippen molar-refractivity contribution in [2.75, 3.05) is 13.7 Å². The number of hydrogen-bond acceptors (Lipinski definition) is 3. The van der Waals surface area contributed by atoms with Crippen molar-refractivity contribution in [1.82, 2.24) is 5.32 Å². The summed E-state index contributed by atoms with van der Waals surface area (Å²) in [5.41, 5.74) is 0. The lowest BCUT2D eigenvalue weighted by Gasteiger charge is -2.07. The fraction of sp³-hybridized carbons (Fsp3) is 0.714. The predicted octanol–water partition coefficient (Wildman–Crippen LogP) is -0.0684. The Balaban J connectivity index is 3.91. The van der Waals surface area contributed by atoms with E-state index >= 15 is 0 Å². The van der Waals surface area contributed by atoms with Gasteiger partial charge in [0, 0.05) is 7.05 Å². The molecule has 0 heterocycles. The molecule has 1 amide bonds. The van der Waals surface area contributed by atoms with Crippen LogP contribution in [0.15, 0.2) is 0 Å². The molecule has 0 aromatic heterocycles. The van der Waals surface area contributed by atoms with Crippen LogP contribution in [0.5, 0.6) is 0 Å². The summed E-state index contributed by atoms with van der Waals surface area (Å²) in [6.07, 6.45) is 0. The summed E-state index contributed by atoms with van der Waals surface area (Å²) in [4.78, 5) is 21.7. The fourth-order valence-corrected chi connectivity index (χ4v) is 0.591. The smallest absolute Gasteiger partial charge is 0.318 e. The Morgan fingerprint density at radius 1 is 1.55 bits per heavy atom. The normalized spacial score (nSPS) is 11.9. The molecule has 4 nitrogen and oxygen atoms in total. The third-order valence-corrected chi connectivity index (χ3v) is 1.28. The van der Waals surface area contributed by atoms with Crippen LogP contribution in [0, 0.1) is 5.92 Å². The van der Waals surface area contributed by atoms with E-state index < -0.39 is 11.9 Å². The maximum atomic E-state index is 10.9. The summed E-state index contributed by atoms with van der Waals surface area (Å²) in [6, 6.07) is 0. The molecule has 1 atom stereocenters. The van der Waals surface area contributed by atoms with Crippen LogP contribution in [0.4, 0.5) is 0 Å². The van der Waals surface area contributed by atoms with Crippen molar-refractivity contribution in [3.05, 3.63) is 0 Å². The molecule has 0 aromatic rings. The molecular weight excluding hydrogens is 146 g/mol. The lowest BCUT2D eigenvalue weighted by atomic mass is 10.2. The van der Waals surface area contributed by atoms with Crippen molar-refractivity contribution < 1.29 is 14.3 Å². The Hall–Kier alpha value is -1.06. The van der Waals surface area contributed by atoms with Crippen LogP contribution in [0.2, 0.25) is 0 Å². The maximum absolute atomic E-state index is 10.9. The minimum atomic E-state index is -0.708. The highest BCUT2D eigenvalue weighted by Gasteiger charge is 2.20. The Bertz CT molecular complexity index is 156. The highest BCUT2D eigenvalue weighted by atomic mass is 16.5. The van der Waals surface area contributed by atoms with Gasteiger partial charge in [0.1, 0.15) is 5.92 Å². The lowest BCUT2D eigenvalue weighted by molar-refractivity contribution is -0.151. The molecule has 0 aromatic carbocycles. The number of amides is 1. The topological polar surface area (TPSA) is 55.4 Å². The minimum absolute atomic E-state index is 0.306. The van der Waals surface area contributed by atoms with Crippen molar-refractivity contribution in [2.24, 2.45) is 5.92 Å². The molecule has 0 aliphatic rings. The molecule has 4 heteroatoms. The second kappa shape index (κ2) is 4.71. The standard InChI is InChI=1S/C7H13NO3/c1-4-11-7(10)5(2)6(9)8-3/h5H,4H2,1-3H3,(H,8,9)/t5-/m0/s1. The molecule has 0 rings (SSSR count). The van der Waals surface area contributed by atoms with Gasteiger partial charge in [-0.2, -0.15) is 0 Å². The van der Waals surface area contributed by atoms with Gasteiger partial charge in [0.15, 0.2) is 0 Å². The molecule has 0 aliphatic carbocycles. The van der Waals surface area contributed by atoms with Crippen LogP contribution in [-0.4, -0.2) is 25.5 Å². The second-order valence-corrected chi connectivity index (χ2v) is 2.09. The van der Waals surface area contributed by atoms with Crippen LogP contribution < -0.4 is 5.32 Å². The van der Waals surface area contributed by atoms with E-state index in [4.69, 9.17) is 0 Å². The quantitative estimate of drug-likeness (QED) is 0.463. The molecule has 0 fully saturated rings. The third kappa shape index (κ3) is 3.02. The highest BCUT2D eigenvalue weighted by Crippen LogP contribution is 1.97. The van der Waals surface area contributed by atoms with E-state index in [9.17, 15) is 9.59 Å². The summed E-state index contributed by atoms with van der Waals surface area (Å²) >= 11 is 0. The lowest BCUT2D eigenvalue weighted by Crippen LogP contribution is -2.32. The number of esters is 1. The van der Waals surface area contributed by atoms with E-state index in [0.29, 0.717) is 6.61 Å². The van der Waals surface area contributed by atoms with Gasteiger partial charge in [-0.05, 0) is 13.8 Å². The summed E-state index contributed by atoms with van der Waals surface area (Å²) < 4.78 is 4.63. The van der Waals surface area contributed by atoms with Gasteiger partial charge in [0.05, 0.1) is 6.61 Å². The number of hydrogen-bond donors (Lipinski definition) is 1. The molecule has 0 saturated carbocycles. The fourth-order valence-electron chi connectivity index (χ4n) is 0.591. The van der Waals surface area contributed by atoms with E-state index in [1.165, 1.54) is 14.0 Å². The average molecular weight is 159 g/mol. The summed E-state index contributed by atoms with van der Waals surface area (Å²) in [7, 11) is 1.48. The summed E-state index contributed by atoms with van der Waals surface area (Å²) in [5, 5.41) is 2.36. The largest absolute Gasteiger partial charge is 0.465 e. The monoisotopic (exact) mass is 159 g/mol. The van der Waals surface area contributed by atoms with E-state index in [-0.39, 0.29) is 5.91 Å². The van der Waals surface area contributed by atoms with Gasteiger partial charge in [-0.15, -0.1) is 0 Å². The predicted molar refractivity (Wildman–Crippen MR) is 39.9 cm³/mol.